The fraction of sp³-hybridized carbons (Fsp3) is 0.458. The molecule has 32 heavy (non-hydrogen) atoms. The van der Waals surface area contributed by atoms with Gasteiger partial charge in [-0.2, -0.15) is 0 Å². The lowest BCUT2D eigenvalue weighted by Crippen LogP contribution is -2.43. The van der Waals surface area contributed by atoms with E-state index in [4.69, 9.17) is 9.47 Å². The Morgan fingerprint density at radius 1 is 1.03 bits per heavy atom. The Hall–Kier alpha value is -2.61. The van der Waals surface area contributed by atoms with Crippen LogP contribution >= 0.6 is 0 Å². The van der Waals surface area contributed by atoms with E-state index in [1.54, 1.807) is 17.0 Å². The average Bonchev–Trinajstić information content (AvgIpc) is 3.06. The maximum atomic E-state index is 15.6. The van der Waals surface area contributed by atoms with Crippen LogP contribution in [0.4, 0.5) is 17.6 Å². The number of ketones is 1. The molecule has 2 aromatic rings. The molecule has 0 amide bonds. The van der Waals surface area contributed by atoms with Gasteiger partial charge in [0.05, 0.1) is 14.2 Å². The number of hydrogen-bond donors (Lipinski definition) is 0. The third-order valence-electron chi connectivity index (χ3n) is 6.54. The van der Waals surface area contributed by atoms with Gasteiger partial charge in [-0.25, -0.2) is 17.6 Å². The first kappa shape index (κ1) is 22.6. The van der Waals surface area contributed by atoms with Gasteiger partial charge in [0, 0.05) is 42.7 Å². The van der Waals surface area contributed by atoms with Crippen molar-refractivity contribution in [3.05, 3.63) is 58.4 Å². The Kier molecular flexibility index (Phi) is 6.16. The molecular weight excluding hydrogens is 426 g/mol. The molecule has 2 aliphatic rings. The number of carbonyl (C=O) groups is 1. The molecule has 0 aromatic heterocycles. The number of rotatable bonds is 6. The van der Waals surface area contributed by atoms with E-state index in [0.29, 0.717) is 42.6 Å². The number of Topliss-reactive ketones (excluding diaryl/α,β-unsaturated/α-hetero) is 1. The smallest absolute Gasteiger partial charge is 0.166 e. The maximum absolute atomic E-state index is 15.6. The number of methoxy groups -OCH3 is 2. The zero-order valence-electron chi connectivity index (χ0n) is 18.0. The molecule has 4 rings (SSSR count). The van der Waals surface area contributed by atoms with Gasteiger partial charge in [-0.15, -0.1) is 0 Å². The van der Waals surface area contributed by atoms with Crippen LogP contribution < -0.4 is 9.47 Å². The van der Waals surface area contributed by atoms with Gasteiger partial charge in [-0.3, -0.25) is 9.69 Å². The van der Waals surface area contributed by atoms with E-state index in [9.17, 15) is 18.0 Å². The van der Waals surface area contributed by atoms with Gasteiger partial charge in [0.25, 0.3) is 0 Å². The molecule has 1 unspecified atom stereocenters. The lowest BCUT2D eigenvalue weighted by molar-refractivity contribution is 0.0332. The van der Waals surface area contributed by atoms with E-state index in [-0.39, 0.29) is 37.2 Å². The van der Waals surface area contributed by atoms with Gasteiger partial charge in [0.15, 0.2) is 28.9 Å². The maximum Gasteiger partial charge on any atom is 0.166 e. The average molecular weight is 451 g/mol. The molecule has 1 aliphatic carbocycles. The van der Waals surface area contributed by atoms with Crippen molar-refractivity contribution < 1.29 is 31.8 Å². The third kappa shape index (κ3) is 4.33. The Morgan fingerprint density at radius 3 is 2.34 bits per heavy atom. The highest BCUT2D eigenvalue weighted by Gasteiger charge is 2.42. The van der Waals surface area contributed by atoms with Crippen molar-refractivity contribution in [2.75, 3.05) is 27.3 Å². The predicted octanol–water partition coefficient (Wildman–Crippen LogP) is 4.87. The molecular formula is C24H25F4NO3. The fourth-order valence-corrected chi connectivity index (χ4v) is 4.79. The second kappa shape index (κ2) is 8.73. The molecule has 1 aliphatic heterocycles. The van der Waals surface area contributed by atoms with Crippen LogP contribution in [-0.4, -0.2) is 43.7 Å². The van der Waals surface area contributed by atoms with E-state index in [1.807, 2.05) is 0 Å². The zero-order chi connectivity index (χ0) is 23.0. The molecule has 1 fully saturated rings. The third-order valence-corrected chi connectivity index (χ3v) is 6.54. The number of benzene rings is 2. The van der Waals surface area contributed by atoms with Gasteiger partial charge < -0.3 is 9.47 Å². The second-order valence-corrected chi connectivity index (χ2v) is 8.62. The summed E-state index contributed by atoms with van der Waals surface area (Å²) < 4.78 is 67.0. The van der Waals surface area contributed by atoms with E-state index in [0.717, 1.165) is 11.6 Å². The molecule has 2 aromatic carbocycles. The van der Waals surface area contributed by atoms with E-state index < -0.39 is 29.0 Å². The lowest BCUT2D eigenvalue weighted by atomic mass is 9.82. The molecule has 4 nitrogen and oxygen atoms in total. The molecule has 8 heteroatoms. The van der Waals surface area contributed by atoms with Crippen molar-refractivity contribution in [2.24, 2.45) is 5.92 Å². The minimum atomic E-state index is -1.53. The minimum Gasteiger partial charge on any atom is -0.493 e. The summed E-state index contributed by atoms with van der Waals surface area (Å²) in [7, 11) is 3.02. The summed E-state index contributed by atoms with van der Waals surface area (Å²) in [5.74, 6) is -2.73. The van der Waals surface area contributed by atoms with Crippen LogP contribution in [0, 0.1) is 23.4 Å². The van der Waals surface area contributed by atoms with Crippen LogP contribution in [-0.2, 0) is 13.0 Å². The normalized spacial score (nSPS) is 20.3. The summed E-state index contributed by atoms with van der Waals surface area (Å²) in [5.41, 5.74) is -0.253. The highest BCUT2D eigenvalue weighted by atomic mass is 19.2. The number of fused-ring (bicyclic) bond motifs is 1. The number of alkyl halides is 1. The zero-order valence-corrected chi connectivity index (χ0v) is 18.0. The SMILES string of the molecule is COc1cc2c(cc1OC)C(=O)C(CC1(F)CCN(Cc3cc(F)cc(F)c3F)CC1)C2. The highest BCUT2D eigenvalue weighted by Crippen LogP contribution is 2.42. The van der Waals surface area contributed by atoms with Crippen LogP contribution in [0.1, 0.15) is 40.7 Å². The van der Waals surface area contributed by atoms with Crippen molar-refractivity contribution in [2.45, 2.75) is 37.9 Å². The van der Waals surface area contributed by atoms with E-state index in [1.165, 1.54) is 14.2 Å². The Labute approximate surface area is 184 Å². The fourth-order valence-electron chi connectivity index (χ4n) is 4.79. The Morgan fingerprint density at radius 2 is 1.69 bits per heavy atom. The van der Waals surface area contributed by atoms with Gasteiger partial charge in [-0.1, -0.05) is 0 Å². The monoisotopic (exact) mass is 451 g/mol. The van der Waals surface area contributed by atoms with Crippen LogP contribution in [0.5, 0.6) is 11.5 Å². The summed E-state index contributed by atoms with van der Waals surface area (Å²) in [6, 6.07) is 4.89. The number of hydrogen-bond acceptors (Lipinski definition) is 4. The van der Waals surface area contributed by atoms with Crippen molar-refractivity contribution >= 4 is 5.78 Å². The van der Waals surface area contributed by atoms with Gasteiger partial charge in [0.1, 0.15) is 11.5 Å². The van der Waals surface area contributed by atoms with Crippen LogP contribution in [0.25, 0.3) is 0 Å². The summed E-state index contributed by atoms with van der Waals surface area (Å²) in [5, 5.41) is 0. The highest BCUT2D eigenvalue weighted by molar-refractivity contribution is 6.03. The first-order valence-corrected chi connectivity index (χ1v) is 10.6. The van der Waals surface area contributed by atoms with Crippen LogP contribution in [0.2, 0.25) is 0 Å². The number of halogens is 4. The number of carbonyl (C=O) groups excluding carboxylic acids is 1. The van der Waals surface area contributed by atoms with E-state index in [2.05, 4.69) is 0 Å². The molecule has 1 atom stereocenters. The number of nitrogens with zero attached hydrogens (tertiary/aromatic N) is 1. The van der Waals surface area contributed by atoms with Crippen LogP contribution in [0.3, 0.4) is 0 Å². The molecule has 1 heterocycles. The van der Waals surface area contributed by atoms with Gasteiger partial charge in [-0.05, 0) is 49.4 Å². The largest absolute Gasteiger partial charge is 0.493 e. The number of likely N-dealkylation sites (tertiary alicyclic amines) is 1. The summed E-state index contributed by atoms with van der Waals surface area (Å²) in [4.78, 5) is 14.7. The molecule has 0 radical (unpaired) electrons. The second-order valence-electron chi connectivity index (χ2n) is 8.62. The standard InChI is InChI=1S/C24H25F4NO3/c1-31-20-9-14-7-15(23(30)18(14)11-21(20)32-2)12-24(28)3-5-29(6-4-24)13-16-8-17(25)10-19(26)22(16)27/h8-11,15H,3-7,12-13H2,1-2H3. The topological polar surface area (TPSA) is 38.8 Å². The molecule has 0 bridgehead atoms. The number of piperidine rings is 1. The predicted molar refractivity (Wildman–Crippen MR) is 110 cm³/mol. The van der Waals surface area contributed by atoms with Crippen molar-refractivity contribution in [3.63, 3.8) is 0 Å². The Balaban J connectivity index is 1.39. The lowest BCUT2D eigenvalue weighted by Gasteiger charge is -2.37. The summed E-state index contributed by atoms with van der Waals surface area (Å²) >= 11 is 0. The molecule has 172 valence electrons. The first-order valence-electron chi connectivity index (χ1n) is 10.6. The van der Waals surface area contributed by atoms with E-state index >= 15 is 4.39 Å². The molecule has 0 spiro atoms. The summed E-state index contributed by atoms with van der Waals surface area (Å²) in [6.45, 7) is 0.622. The first-order chi connectivity index (χ1) is 15.2. The quantitative estimate of drug-likeness (QED) is 0.464. The summed E-state index contributed by atoms with van der Waals surface area (Å²) in [6.07, 6.45) is 0.873. The molecule has 0 N–H and O–H groups in total. The minimum absolute atomic E-state index is 0.00395. The van der Waals surface area contributed by atoms with Crippen molar-refractivity contribution in [3.8, 4) is 11.5 Å². The van der Waals surface area contributed by atoms with Crippen molar-refractivity contribution in [1.82, 2.24) is 4.90 Å². The van der Waals surface area contributed by atoms with Gasteiger partial charge in [0.2, 0.25) is 0 Å². The van der Waals surface area contributed by atoms with Crippen molar-refractivity contribution in [1.29, 1.82) is 0 Å². The molecule has 0 saturated carbocycles. The Bertz CT molecular complexity index is 1030. The number of ether oxygens (including phenoxy) is 2. The van der Waals surface area contributed by atoms with Gasteiger partial charge >= 0.3 is 0 Å². The molecule has 1 saturated heterocycles. The van der Waals surface area contributed by atoms with Crippen LogP contribution in [0.15, 0.2) is 24.3 Å².